The molecule has 11 nitrogen and oxygen atoms in total. The second-order valence-corrected chi connectivity index (χ2v) is 10.4. The minimum Gasteiger partial charge on any atom is -0.352 e. The average molecular weight is 475 g/mol. The fourth-order valence-corrected chi connectivity index (χ4v) is 5.82. The Morgan fingerprint density at radius 2 is 1.84 bits per heavy atom. The quantitative estimate of drug-likeness (QED) is 0.549. The first kappa shape index (κ1) is 22.0. The summed E-state index contributed by atoms with van der Waals surface area (Å²) in [6, 6.07) is 7.49. The first-order valence-corrected chi connectivity index (χ1v) is 12.1. The van der Waals surface area contributed by atoms with E-state index >= 15 is 0 Å². The summed E-state index contributed by atoms with van der Waals surface area (Å²) in [5, 5.41) is 14.4. The van der Waals surface area contributed by atoms with Gasteiger partial charge >= 0.3 is 0 Å². The Morgan fingerprint density at radius 1 is 1.06 bits per heavy atom. The summed E-state index contributed by atoms with van der Waals surface area (Å²) in [6.07, 6.45) is 3.00. The van der Waals surface area contributed by atoms with Gasteiger partial charge in [-0.3, -0.25) is 4.79 Å². The van der Waals surface area contributed by atoms with Crippen LogP contribution >= 0.6 is 11.3 Å². The number of nitrogens with one attached hydrogen (secondary N) is 2. The van der Waals surface area contributed by atoms with Crippen LogP contribution in [0.2, 0.25) is 0 Å². The molecule has 0 atom stereocenters. The fourth-order valence-electron chi connectivity index (χ4n) is 3.17. The van der Waals surface area contributed by atoms with Crippen molar-refractivity contribution in [3.8, 4) is 0 Å². The number of sulfonamides is 1. The predicted molar refractivity (Wildman–Crippen MR) is 122 cm³/mol. The molecular formula is C19H22N8O3S2. The zero-order valence-corrected chi connectivity index (χ0v) is 19.2. The number of piperazine rings is 1. The van der Waals surface area contributed by atoms with E-state index < -0.39 is 10.0 Å². The Morgan fingerprint density at radius 3 is 2.50 bits per heavy atom. The topological polar surface area (TPSA) is 133 Å². The van der Waals surface area contributed by atoms with Crippen LogP contribution in [0.25, 0.3) is 0 Å². The van der Waals surface area contributed by atoms with Crippen LogP contribution < -0.4 is 15.5 Å². The molecule has 2 N–H and O–H groups in total. The van der Waals surface area contributed by atoms with Crippen LogP contribution in [0.5, 0.6) is 0 Å². The molecule has 1 aliphatic heterocycles. The molecule has 4 heterocycles. The van der Waals surface area contributed by atoms with Crippen LogP contribution in [-0.4, -0.2) is 65.0 Å². The molecule has 0 aromatic carbocycles. The number of pyridine rings is 1. The van der Waals surface area contributed by atoms with Crippen LogP contribution in [0.15, 0.2) is 40.9 Å². The van der Waals surface area contributed by atoms with E-state index in [9.17, 15) is 13.2 Å². The highest BCUT2D eigenvalue weighted by atomic mass is 32.2. The Labute approximate surface area is 189 Å². The molecule has 3 aromatic rings. The molecule has 168 valence electrons. The second kappa shape index (κ2) is 9.14. The van der Waals surface area contributed by atoms with Crippen molar-refractivity contribution in [3.63, 3.8) is 0 Å². The minimum atomic E-state index is -3.67. The number of anilines is 4. The standard InChI is InChI=1S/C19H22N8O3S2/c1-13-5-6-20-16(11-13)23-15-3-4-17(25-24-15)26-7-9-27(10-8-26)32(29,30)18-12-21-19(31-18)22-14(2)28/h3-6,11-12H,7-10H2,1-2H3,(H,20,23,24)(H,21,22,28). The number of carbonyl (C=O) groups excluding carboxylic acids is 1. The smallest absolute Gasteiger partial charge is 0.254 e. The third-order valence-electron chi connectivity index (χ3n) is 4.75. The number of carbonyl (C=O) groups is 1. The van der Waals surface area contributed by atoms with Crippen LogP contribution in [0.3, 0.4) is 0 Å². The van der Waals surface area contributed by atoms with Gasteiger partial charge in [-0.2, -0.15) is 4.31 Å². The van der Waals surface area contributed by atoms with E-state index in [1.54, 1.807) is 6.20 Å². The minimum absolute atomic E-state index is 0.106. The maximum Gasteiger partial charge on any atom is 0.254 e. The summed E-state index contributed by atoms with van der Waals surface area (Å²) in [4.78, 5) is 21.3. The van der Waals surface area contributed by atoms with E-state index in [1.165, 1.54) is 17.4 Å². The largest absolute Gasteiger partial charge is 0.352 e. The highest BCUT2D eigenvalue weighted by molar-refractivity contribution is 7.91. The molecule has 0 unspecified atom stereocenters. The number of aromatic nitrogens is 4. The third kappa shape index (κ3) is 5.00. The van der Waals surface area contributed by atoms with Gasteiger partial charge in [-0.15, -0.1) is 10.2 Å². The average Bonchev–Trinajstić information content (AvgIpc) is 3.23. The van der Waals surface area contributed by atoms with Gasteiger partial charge in [0.15, 0.2) is 21.0 Å². The first-order chi connectivity index (χ1) is 15.3. The molecule has 1 saturated heterocycles. The van der Waals surface area contributed by atoms with Crippen molar-refractivity contribution < 1.29 is 13.2 Å². The number of amides is 1. The first-order valence-electron chi connectivity index (χ1n) is 9.83. The van der Waals surface area contributed by atoms with Crippen molar-refractivity contribution in [3.05, 3.63) is 42.2 Å². The van der Waals surface area contributed by atoms with Crippen LogP contribution in [-0.2, 0) is 14.8 Å². The Bertz CT molecular complexity index is 1210. The number of nitrogens with zero attached hydrogens (tertiary/aromatic N) is 6. The van der Waals surface area contributed by atoms with Gasteiger partial charge < -0.3 is 15.5 Å². The molecule has 3 aromatic heterocycles. The fraction of sp³-hybridized carbons (Fsp3) is 0.316. The maximum absolute atomic E-state index is 12.9. The third-order valence-corrected chi connectivity index (χ3v) is 7.99. The van der Waals surface area contributed by atoms with Gasteiger partial charge in [-0.25, -0.2) is 18.4 Å². The number of aryl methyl sites for hydroxylation is 1. The van der Waals surface area contributed by atoms with Gasteiger partial charge in [0.1, 0.15) is 5.82 Å². The summed E-state index contributed by atoms with van der Waals surface area (Å²) < 4.78 is 27.3. The van der Waals surface area contributed by atoms with Crippen LogP contribution in [0.1, 0.15) is 12.5 Å². The summed E-state index contributed by atoms with van der Waals surface area (Å²) in [6.45, 7) is 4.92. The summed E-state index contributed by atoms with van der Waals surface area (Å²) >= 11 is 0.941. The van der Waals surface area contributed by atoms with Crippen LogP contribution in [0, 0.1) is 6.92 Å². The van der Waals surface area contributed by atoms with Crippen molar-refractivity contribution >= 4 is 49.9 Å². The molecule has 0 radical (unpaired) electrons. The zero-order chi connectivity index (χ0) is 22.7. The Hall–Kier alpha value is -3.16. The van der Waals surface area contributed by atoms with Crippen LogP contribution in [0.4, 0.5) is 22.6 Å². The van der Waals surface area contributed by atoms with Gasteiger partial charge in [-0.05, 0) is 36.8 Å². The van der Waals surface area contributed by atoms with Gasteiger partial charge in [-0.1, -0.05) is 11.3 Å². The Kier molecular flexibility index (Phi) is 6.30. The van der Waals surface area contributed by atoms with Gasteiger partial charge in [0.25, 0.3) is 10.0 Å². The Balaban J connectivity index is 1.37. The molecule has 1 fully saturated rings. The predicted octanol–water partition coefficient (Wildman–Crippen LogP) is 1.85. The molecule has 0 aliphatic carbocycles. The van der Waals surface area contributed by atoms with Crippen molar-refractivity contribution in [2.75, 3.05) is 41.7 Å². The lowest BCUT2D eigenvalue weighted by molar-refractivity contribution is -0.114. The van der Waals surface area contributed by atoms with Crippen molar-refractivity contribution in [2.45, 2.75) is 18.1 Å². The van der Waals surface area contributed by atoms with E-state index in [4.69, 9.17) is 0 Å². The molecule has 1 aliphatic rings. The highest BCUT2D eigenvalue weighted by Crippen LogP contribution is 2.27. The van der Waals surface area contributed by atoms with Crippen molar-refractivity contribution in [2.24, 2.45) is 0 Å². The van der Waals surface area contributed by atoms with Gasteiger partial charge in [0.2, 0.25) is 5.91 Å². The van der Waals surface area contributed by atoms with E-state index in [0.717, 1.165) is 16.9 Å². The summed E-state index contributed by atoms with van der Waals surface area (Å²) in [5.41, 5.74) is 1.09. The number of hydrogen-bond acceptors (Lipinski definition) is 10. The highest BCUT2D eigenvalue weighted by Gasteiger charge is 2.30. The number of thiazole rings is 1. The zero-order valence-electron chi connectivity index (χ0n) is 17.5. The lowest BCUT2D eigenvalue weighted by Crippen LogP contribution is -2.48. The lowest BCUT2D eigenvalue weighted by atomic mass is 10.3. The molecule has 0 bridgehead atoms. The molecule has 32 heavy (non-hydrogen) atoms. The number of hydrogen-bond donors (Lipinski definition) is 2. The van der Waals surface area contributed by atoms with E-state index in [-0.39, 0.29) is 15.2 Å². The van der Waals surface area contributed by atoms with E-state index in [1.807, 2.05) is 36.1 Å². The molecule has 0 spiro atoms. The molecular weight excluding hydrogens is 452 g/mol. The molecule has 1 amide bonds. The lowest BCUT2D eigenvalue weighted by Gasteiger charge is -2.34. The molecule has 13 heteroatoms. The van der Waals surface area contributed by atoms with Crippen molar-refractivity contribution in [1.82, 2.24) is 24.5 Å². The van der Waals surface area contributed by atoms with E-state index in [2.05, 4.69) is 30.8 Å². The van der Waals surface area contributed by atoms with E-state index in [0.29, 0.717) is 43.6 Å². The summed E-state index contributed by atoms with van der Waals surface area (Å²) in [7, 11) is -3.67. The maximum atomic E-state index is 12.9. The monoisotopic (exact) mass is 474 g/mol. The van der Waals surface area contributed by atoms with Gasteiger partial charge in [0, 0.05) is 39.3 Å². The SMILES string of the molecule is CC(=O)Nc1ncc(S(=O)(=O)N2CCN(c3ccc(Nc4cc(C)ccn4)nn3)CC2)s1. The summed E-state index contributed by atoms with van der Waals surface area (Å²) in [5.74, 6) is 1.65. The molecule has 4 rings (SSSR count). The normalized spacial score (nSPS) is 14.9. The number of rotatable bonds is 6. The molecule has 0 saturated carbocycles. The second-order valence-electron chi connectivity index (χ2n) is 7.18. The van der Waals surface area contributed by atoms with Crippen molar-refractivity contribution in [1.29, 1.82) is 0 Å². The van der Waals surface area contributed by atoms with Gasteiger partial charge in [0.05, 0.1) is 6.20 Å².